The molecule has 0 saturated carbocycles. The van der Waals surface area contributed by atoms with Gasteiger partial charge in [-0.25, -0.2) is 4.99 Å². The third-order valence-electron chi connectivity index (χ3n) is 2.03. The number of rotatable bonds is 3. The van der Waals surface area contributed by atoms with Gasteiger partial charge in [-0.05, 0) is 23.8 Å². The molecular formula is C12H14Cl2N2. The van der Waals surface area contributed by atoms with Crippen molar-refractivity contribution in [3.8, 4) is 0 Å². The number of nitrogens with zero attached hydrogens (tertiary/aromatic N) is 1. The van der Waals surface area contributed by atoms with Gasteiger partial charge < -0.3 is 5.73 Å². The summed E-state index contributed by atoms with van der Waals surface area (Å²) in [6.07, 6.45) is 3.49. The maximum Gasteiger partial charge on any atom is 0.101 e. The molecule has 0 heterocycles. The monoisotopic (exact) mass is 256 g/mol. The van der Waals surface area contributed by atoms with Crippen molar-refractivity contribution in [1.82, 2.24) is 0 Å². The zero-order chi connectivity index (χ0) is 12.1. The molecule has 4 heteroatoms. The van der Waals surface area contributed by atoms with Crippen molar-refractivity contribution in [2.75, 3.05) is 0 Å². The van der Waals surface area contributed by atoms with Crippen molar-refractivity contribution in [1.29, 1.82) is 0 Å². The van der Waals surface area contributed by atoms with Gasteiger partial charge in [0.2, 0.25) is 0 Å². The minimum Gasteiger partial charge on any atom is -0.387 e. The molecule has 0 spiro atoms. The van der Waals surface area contributed by atoms with Gasteiger partial charge in [0.1, 0.15) is 5.84 Å². The van der Waals surface area contributed by atoms with Gasteiger partial charge in [0.25, 0.3) is 0 Å². The molecule has 0 amide bonds. The first-order chi connectivity index (χ1) is 7.50. The first-order valence-corrected chi connectivity index (χ1v) is 5.71. The van der Waals surface area contributed by atoms with Gasteiger partial charge in [-0.15, -0.1) is 0 Å². The van der Waals surface area contributed by atoms with Crippen LogP contribution < -0.4 is 5.73 Å². The Bertz CT molecular complexity index is 423. The molecule has 2 nitrogen and oxygen atoms in total. The summed E-state index contributed by atoms with van der Waals surface area (Å²) in [7, 11) is 0. The molecule has 1 rings (SSSR count). The fourth-order valence-electron chi connectivity index (χ4n) is 0.975. The zero-order valence-electron chi connectivity index (χ0n) is 9.24. The van der Waals surface area contributed by atoms with E-state index in [-0.39, 0.29) is 5.92 Å². The van der Waals surface area contributed by atoms with Crippen LogP contribution >= 0.6 is 23.2 Å². The van der Waals surface area contributed by atoms with Crippen molar-refractivity contribution in [2.24, 2.45) is 16.6 Å². The summed E-state index contributed by atoms with van der Waals surface area (Å²) >= 11 is 11.7. The Hall–Kier alpha value is -0.990. The molecule has 1 aromatic carbocycles. The SMILES string of the molecule is CC(C)C(N)=N/C=C/c1ccc(Cl)c(Cl)c1. The summed E-state index contributed by atoms with van der Waals surface area (Å²) < 4.78 is 0. The van der Waals surface area contributed by atoms with Gasteiger partial charge in [-0.2, -0.15) is 0 Å². The molecule has 0 atom stereocenters. The summed E-state index contributed by atoms with van der Waals surface area (Å²) in [6, 6.07) is 5.40. The maximum absolute atomic E-state index is 5.88. The molecule has 0 aliphatic heterocycles. The topological polar surface area (TPSA) is 38.4 Å². The van der Waals surface area contributed by atoms with Crippen molar-refractivity contribution in [3.05, 3.63) is 40.0 Å². The fourth-order valence-corrected chi connectivity index (χ4v) is 1.28. The van der Waals surface area contributed by atoms with E-state index in [2.05, 4.69) is 4.99 Å². The second-order valence-electron chi connectivity index (χ2n) is 3.70. The Morgan fingerprint density at radius 1 is 1.31 bits per heavy atom. The van der Waals surface area contributed by atoms with E-state index in [1.807, 2.05) is 26.0 Å². The number of nitrogens with two attached hydrogens (primary N) is 1. The molecule has 0 saturated heterocycles. The Morgan fingerprint density at radius 2 is 2.00 bits per heavy atom. The van der Waals surface area contributed by atoms with E-state index in [4.69, 9.17) is 28.9 Å². The molecule has 0 radical (unpaired) electrons. The van der Waals surface area contributed by atoms with Gasteiger partial charge >= 0.3 is 0 Å². The van der Waals surface area contributed by atoms with Crippen LogP contribution in [-0.2, 0) is 0 Å². The van der Waals surface area contributed by atoms with Crippen LogP contribution in [0.3, 0.4) is 0 Å². The third kappa shape index (κ3) is 3.87. The zero-order valence-corrected chi connectivity index (χ0v) is 10.8. The van der Waals surface area contributed by atoms with Crippen molar-refractivity contribution < 1.29 is 0 Å². The molecule has 0 aromatic heterocycles. The summed E-state index contributed by atoms with van der Waals surface area (Å²) in [4.78, 5) is 4.11. The highest BCUT2D eigenvalue weighted by Crippen LogP contribution is 2.23. The average Bonchev–Trinajstić information content (AvgIpc) is 2.23. The quantitative estimate of drug-likeness (QED) is 0.645. The van der Waals surface area contributed by atoms with Gasteiger partial charge in [0, 0.05) is 12.1 Å². The Morgan fingerprint density at radius 3 is 2.56 bits per heavy atom. The van der Waals surface area contributed by atoms with Crippen LogP contribution in [0.4, 0.5) is 0 Å². The Kier molecular flexibility index (Phi) is 4.84. The van der Waals surface area contributed by atoms with E-state index in [1.165, 1.54) is 0 Å². The van der Waals surface area contributed by atoms with Gasteiger partial charge in [-0.1, -0.05) is 43.1 Å². The van der Waals surface area contributed by atoms with Gasteiger partial charge in [0.05, 0.1) is 10.0 Å². The predicted octanol–water partition coefficient (Wildman–Crippen LogP) is 3.98. The normalized spacial score (nSPS) is 12.7. The lowest BCUT2D eigenvalue weighted by Crippen LogP contribution is -2.17. The third-order valence-corrected chi connectivity index (χ3v) is 2.76. The molecule has 1 aromatic rings. The van der Waals surface area contributed by atoms with E-state index in [0.29, 0.717) is 15.9 Å². The number of aliphatic imine (C=N–C) groups is 1. The van der Waals surface area contributed by atoms with Gasteiger partial charge in [0.15, 0.2) is 0 Å². The maximum atomic E-state index is 5.88. The second-order valence-corrected chi connectivity index (χ2v) is 4.51. The number of benzene rings is 1. The molecule has 0 bridgehead atoms. The van der Waals surface area contributed by atoms with Crippen LogP contribution in [0, 0.1) is 5.92 Å². The Labute approximate surface area is 106 Å². The number of halogens is 2. The first kappa shape index (κ1) is 13.1. The number of hydrogen-bond acceptors (Lipinski definition) is 1. The average molecular weight is 257 g/mol. The first-order valence-electron chi connectivity index (χ1n) is 4.95. The van der Waals surface area contributed by atoms with Crippen molar-refractivity contribution in [3.63, 3.8) is 0 Å². The van der Waals surface area contributed by atoms with Crippen LogP contribution in [0.5, 0.6) is 0 Å². The molecule has 2 N–H and O–H groups in total. The minimum atomic E-state index is 0.249. The number of hydrogen-bond donors (Lipinski definition) is 1. The van der Waals surface area contributed by atoms with E-state index in [0.717, 1.165) is 5.56 Å². The second kappa shape index (κ2) is 5.92. The molecular weight excluding hydrogens is 243 g/mol. The highest BCUT2D eigenvalue weighted by atomic mass is 35.5. The lowest BCUT2D eigenvalue weighted by Gasteiger charge is -2.00. The molecule has 0 aliphatic carbocycles. The molecule has 86 valence electrons. The van der Waals surface area contributed by atoms with E-state index in [1.54, 1.807) is 18.3 Å². The van der Waals surface area contributed by atoms with Crippen molar-refractivity contribution in [2.45, 2.75) is 13.8 Å². The van der Waals surface area contributed by atoms with Crippen LogP contribution in [-0.4, -0.2) is 5.84 Å². The van der Waals surface area contributed by atoms with Crippen LogP contribution in [0.2, 0.25) is 10.0 Å². The largest absolute Gasteiger partial charge is 0.387 e. The summed E-state index contributed by atoms with van der Waals surface area (Å²) in [6.45, 7) is 3.98. The summed E-state index contributed by atoms with van der Waals surface area (Å²) in [5.41, 5.74) is 6.63. The lowest BCUT2D eigenvalue weighted by molar-refractivity contribution is 0.872. The summed E-state index contributed by atoms with van der Waals surface area (Å²) in [5.74, 6) is 0.856. The Balaban J connectivity index is 2.77. The van der Waals surface area contributed by atoms with Crippen LogP contribution in [0.1, 0.15) is 19.4 Å². The van der Waals surface area contributed by atoms with E-state index in [9.17, 15) is 0 Å². The predicted molar refractivity (Wildman–Crippen MR) is 72.0 cm³/mol. The lowest BCUT2D eigenvalue weighted by atomic mass is 10.2. The van der Waals surface area contributed by atoms with Gasteiger partial charge in [-0.3, -0.25) is 0 Å². The van der Waals surface area contributed by atoms with Crippen LogP contribution in [0.15, 0.2) is 29.4 Å². The van der Waals surface area contributed by atoms with E-state index < -0.39 is 0 Å². The highest BCUT2D eigenvalue weighted by Gasteiger charge is 1.97. The number of amidine groups is 1. The molecule has 0 fully saturated rings. The fraction of sp³-hybridized carbons (Fsp3) is 0.250. The molecule has 0 unspecified atom stereocenters. The summed E-state index contributed by atoms with van der Waals surface area (Å²) in [5, 5.41) is 1.08. The van der Waals surface area contributed by atoms with Crippen molar-refractivity contribution >= 4 is 35.1 Å². The highest BCUT2D eigenvalue weighted by molar-refractivity contribution is 6.42. The molecule has 16 heavy (non-hydrogen) atoms. The minimum absolute atomic E-state index is 0.249. The van der Waals surface area contributed by atoms with Crippen LogP contribution in [0.25, 0.3) is 6.08 Å². The smallest absolute Gasteiger partial charge is 0.101 e. The van der Waals surface area contributed by atoms with E-state index >= 15 is 0 Å². The standard InChI is InChI=1S/C12H14Cl2N2/c1-8(2)12(15)16-6-5-9-3-4-10(13)11(14)7-9/h3-8H,1-2H3,(H2,15,16)/b6-5+. The molecule has 0 aliphatic rings.